The van der Waals surface area contributed by atoms with Crippen molar-refractivity contribution < 1.29 is 4.52 Å². The van der Waals surface area contributed by atoms with Crippen LogP contribution >= 0.6 is 0 Å². The Hall–Kier alpha value is -0.900. The Morgan fingerprint density at radius 3 is 2.93 bits per heavy atom. The highest BCUT2D eigenvalue weighted by Gasteiger charge is 2.28. The smallest absolute Gasteiger partial charge is 0.228 e. The number of likely N-dealkylation sites (N-methyl/N-ethyl adjacent to an activating group) is 1. The normalized spacial score (nSPS) is 18.0. The third-order valence-corrected chi connectivity index (χ3v) is 2.89. The van der Waals surface area contributed by atoms with E-state index in [4.69, 9.17) is 4.52 Å². The predicted molar refractivity (Wildman–Crippen MR) is 57.7 cm³/mol. The zero-order valence-electron chi connectivity index (χ0n) is 9.49. The van der Waals surface area contributed by atoms with Gasteiger partial charge in [0.05, 0.1) is 0 Å². The summed E-state index contributed by atoms with van der Waals surface area (Å²) in [7, 11) is 1.98. The second-order valence-electron chi connectivity index (χ2n) is 4.30. The highest BCUT2D eigenvalue weighted by atomic mass is 16.5. The van der Waals surface area contributed by atoms with Gasteiger partial charge in [-0.05, 0) is 26.3 Å². The average molecular weight is 209 g/mol. The monoisotopic (exact) mass is 209 g/mol. The summed E-state index contributed by atoms with van der Waals surface area (Å²) in [5.41, 5.74) is 0. The fourth-order valence-corrected chi connectivity index (χ4v) is 1.77. The quantitative estimate of drug-likeness (QED) is 0.777. The van der Waals surface area contributed by atoms with Crippen molar-refractivity contribution in [2.45, 2.75) is 51.0 Å². The molecule has 0 aliphatic heterocycles. The van der Waals surface area contributed by atoms with Crippen LogP contribution in [0.4, 0.5) is 0 Å². The summed E-state index contributed by atoms with van der Waals surface area (Å²) < 4.78 is 5.24. The lowest BCUT2D eigenvalue weighted by atomic mass is 10.1. The van der Waals surface area contributed by atoms with Gasteiger partial charge in [-0.2, -0.15) is 4.98 Å². The lowest BCUT2D eigenvalue weighted by Crippen LogP contribution is -2.27. The Labute approximate surface area is 90.4 Å². The molecular formula is C11H19N3O. The SMILES string of the molecule is CCCC(Cc1nc(C2CC2)no1)NC. The van der Waals surface area contributed by atoms with E-state index >= 15 is 0 Å². The van der Waals surface area contributed by atoms with Gasteiger partial charge in [0, 0.05) is 18.4 Å². The topological polar surface area (TPSA) is 51.0 Å². The molecule has 0 aromatic carbocycles. The maximum Gasteiger partial charge on any atom is 0.228 e. The summed E-state index contributed by atoms with van der Waals surface area (Å²) in [6.45, 7) is 2.19. The highest BCUT2D eigenvalue weighted by Crippen LogP contribution is 2.38. The zero-order valence-corrected chi connectivity index (χ0v) is 9.49. The number of hydrogen-bond donors (Lipinski definition) is 1. The van der Waals surface area contributed by atoms with Crippen LogP contribution in [0.25, 0.3) is 0 Å². The van der Waals surface area contributed by atoms with E-state index in [2.05, 4.69) is 22.4 Å². The molecule has 4 heteroatoms. The Morgan fingerprint density at radius 2 is 2.33 bits per heavy atom. The van der Waals surface area contributed by atoms with Gasteiger partial charge in [0.25, 0.3) is 0 Å². The van der Waals surface area contributed by atoms with Crippen LogP contribution in [0.3, 0.4) is 0 Å². The van der Waals surface area contributed by atoms with E-state index < -0.39 is 0 Å². The second kappa shape index (κ2) is 4.75. The molecular weight excluding hydrogens is 190 g/mol. The number of nitrogens with one attached hydrogen (secondary N) is 1. The molecule has 84 valence electrons. The van der Waals surface area contributed by atoms with E-state index in [1.165, 1.54) is 19.3 Å². The molecule has 1 unspecified atom stereocenters. The first-order valence-corrected chi connectivity index (χ1v) is 5.83. The molecule has 1 atom stereocenters. The van der Waals surface area contributed by atoms with E-state index in [1.807, 2.05) is 7.05 Å². The molecule has 1 saturated carbocycles. The molecule has 1 aromatic heterocycles. The zero-order chi connectivity index (χ0) is 10.7. The summed E-state index contributed by atoms with van der Waals surface area (Å²) >= 11 is 0. The van der Waals surface area contributed by atoms with Crippen molar-refractivity contribution in [3.8, 4) is 0 Å². The van der Waals surface area contributed by atoms with Gasteiger partial charge in [-0.1, -0.05) is 18.5 Å². The van der Waals surface area contributed by atoms with Crippen molar-refractivity contribution in [3.05, 3.63) is 11.7 Å². The van der Waals surface area contributed by atoms with Gasteiger partial charge in [0.2, 0.25) is 5.89 Å². The molecule has 0 radical (unpaired) electrons. The summed E-state index contributed by atoms with van der Waals surface area (Å²) in [6.07, 6.45) is 5.63. The largest absolute Gasteiger partial charge is 0.339 e. The van der Waals surface area contributed by atoms with Crippen molar-refractivity contribution in [2.24, 2.45) is 0 Å². The van der Waals surface area contributed by atoms with E-state index in [1.54, 1.807) is 0 Å². The van der Waals surface area contributed by atoms with Gasteiger partial charge >= 0.3 is 0 Å². The fourth-order valence-electron chi connectivity index (χ4n) is 1.77. The van der Waals surface area contributed by atoms with Crippen LogP contribution in [0.2, 0.25) is 0 Å². The molecule has 0 amide bonds. The Bertz CT molecular complexity index is 307. The van der Waals surface area contributed by atoms with Crippen LogP contribution in [0.5, 0.6) is 0 Å². The molecule has 1 aliphatic carbocycles. The number of rotatable bonds is 6. The molecule has 1 fully saturated rings. The van der Waals surface area contributed by atoms with E-state index in [0.29, 0.717) is 12.0 Å². The molecule has 0 spiro atoms. The average Bonchev–Trinajstić information content (AvgIpc) is 2.99. The van der Waals surface area contributed by atoms with Crippen LogP contribution in [-0.4, -0.2) is 23.2 Å². The fraction of sp³-hybridized carbons (Fsp3) is 0.818. The van der Waals surface area contributed by atoms with E-state index in [9.17, 15) is 0 Å². The van der Waals surface area contributed by atoms with Crippen LogP contribution in [0, 0.1) is 0 Å². The van der Waals surface area contributed by atoms with Crippen molar-refractivity contribution in [1.82, 2.24) is 15.5 Å². The van der Waals surface area contributed by atoms with Gasteiger partial charge in [-0.25, -0.2) is 0 Å². The lowest BCUT2D eigenvalue weighted by Gasteiger charge is -2.11. The van der Waals surface area contributed by atoms with Crippen LogP contribution in [-0.2, 0) is 6.42 Å². The molecule has 1 aromatic rings. The third kappa shape index (κ3) is 2.78. The second-order valence-corrected chi connectivity index (χ2v) is 4.30. The number of hydrogen-bond acceptors (Lipinski definition) is 4. The first-order chi connectivity index (χ1) is 7.33. The molecule has 0 saturated heterocycles. The van der Waals surface area contributed by atoms with Crippen molar-refractivity contribution in [2.75, 3.05) is 7.05 Å². The van der Waals surface area contributed by atoms with Crippen molar-refractivity contribution in [1.29, 1.82) is 0 Å². The Morgan fingerprint density at radius 1 is 1.53 bits per heavy atom. The highest BCUT2D eigenvalue weighted by molar-refractivity contribution is 5.03. The molecule has 1 heterocycles. The van der Waals surface area contributed by atoms with Gasteiger partial charge in [0.1, 0.15) is 0 Å². The maximum atomic E-state index is 5.24. The van der Waals surface area contributed by atoms with Gasteiger partial charge in [-0.15, -0.1) is 0 Å². The lowest BCUT2D eigenvalue weighted by molar-refractivity contribution is 0.352. The minimum absolute atomic E-state index is 0.461. The first-order valence-electron chi connectivity index (χ1n) is 5.83. The summed E-state index contributed by atoms with van der Waals surface area (Å²) in [6, 6.07) is 0.461. The first kappa shape index (κ1) is 10.6. The Kier molecular flexibility index (Phi) is 3.36. The molecule has 1 N–H and O–H groups in total. The van der Waals surface area contributed by atoms with E-state index in [-0.39, 0.29) is 0 Å². The Balaban J connectivity index is 1.90. The summed E-state index contributed by atoms with van der Waals surface area (Å²) in [5, 5.41) is 7.29. The number of nitrogens with zero attached hydrogens (tertiary/aromatic N) is 2. The van der Waals surface area contributed by atoms with Crippen LogP contribution in [0.1, 0.15) is 50.2 Å². The molecule has 0 bridgehead atoms. The minimum atomic E-state index is 0.461. The predicted octanol–water partition coefficient (Wildman–Crippen LogP) is 1.88. The van der Waals surface area contributed by atoms with Gasteiger partial charge in [-0.3, -0.25) is 0 Å². The molecule has 2 rings (SSSR count). The standard InChI is InChI=1S/C11H19N3O/c1-3-4-9(12-2)7-10-13-11(14-15-10)8-5-6-8/h8-9,12H,3-7H2,1-2H3. The van der Waals surface area contributed by atoms with Crippen LogP contribution in [0.15, 0.2) is 4.52 Å². The van der Waals surface area contributed by atoms with Gasteiger partial charge < -0.3 is 9.84 Å². The molecule has 4 nitrogen and oxygen atoms in total. The number of aromatic nitrogens is 2. The summed E-state index contributed by atoms with van der Waals surface area (Å²) in [4.78, 5) is 4.42. The minimum Gasteiger partial charge on any atom is -0.339 e. The third-order valence-electron chi connectivity index (χ3n) is 2.89. The molecule has 15 heavy (non-hydrogen) atoms. The summed E-state index contributed by atoms with van der Waals surface area (Å²) in [5.74, 6) is 2.28. The van der Waals surface area contributed by atoms with Gasteiger partial charge in [0.15, 0.2) is 5.82 Å². The van der Waals surface area contributed by atoms with Crippen molar-refractivity contribution in [3.63, 3.8) is 0 Å². The van der Waals surface area contributed by atoms with Crippen LogP contribution < -0.4 is 5.32 Å². The van der Waals surface area contributed by atoms with E-state index in [0.717, 1.165) is 24.6 Å². The maximum absolute atomic E-state index is 5.24. The molecule has 1 aliphatic rings. The van der Waals surface area contributed by atoms with Crippen molar-refractivity contribution >= 4 is 0 Å².